The summed E-state index contributed by atoms with van der Waals surface area (Å²) in [5, 5.41) is 11.4. The largest absolute Gasteiger partial charge is 0.389 e. The van der Waals surface area contributed by atoms with Gasteiger partial charge in [0.25, 0.3) is 0 Å². The van der Waals surface area contributed by atoms with E-state index < -0.39 is 12.2 Å². The van der Waals surface area contributed by atoms with Gasteiger partial charge >= 0.3 is 0 Å². The van der Waals surface area contributed by atoms with Crippen LogP contribution in [0.3, 0.4) is 0 Å². The number of benzene rings is 3. The molecule has 0 spiro atoms. The van der Waals surface area contributed by atoms with Crippen LogP contribution >= 0.6 is 0 Å². The molecular weight excluding hydrogens is 510 g/mol. The number of rotatable bonds is 18. The zero-order valence-electron chi connectivity index (χ0n) is 24.8. The molecule has 5 heteroatoms. The van der Waals surface area contributed by atoms with Gasteiger partial charge in [0.1, 0.15) is 12.2 Å². The Morgan fingerprint density at radius 2 is 1.12 bits per heavy atom. The lowest BCUT2D eigenvalue weighted by Crippen LogP contribution is -2.64. The van der Waals surface area contributed by atoms with Crippen LogP contribution in [0.1, 0.15) is 68.6 Å². The second kappa shape index (κ2) is 18.1. The molecule has 3 aromatic rings. The lowest BCUT2D eigenvalue weighted by molar-refractivity contribution is -0.196. The zero-order chi connectivity index (χ0) is 28.5. The Bertz CT molecular complexity index is 1060. The first-order valence-electron chi connectivity index (χ1n) is 15.6. The minimum Gasteiger partial charge on any atom is -0.389 e. The molecule has 0 bridgehead atoms. The third-order valence-corrected chi connectivity index (χ3v) is 7.99. The summed E-state index contributed by atoms with van der Waals surface area (Å²) in [7, 11) is 0. The SMILES string of the molecule is CCCCCCCCCN1C[C@@H](O)[C@@H](OCc2ccccc2)[C@H](OCc2ccccc2)[C@H]1COCc1ccccc1. The molecular formula is C36H49NO4. The molecule has 222 valence electrons. The number of aliphatic hydroxyl groups excluding tert-OH is 1. The normalized spacial score (nSPS) is 21.2. The van der Waals surface area contributed by atoms with Crippen molar-refractivity contribution in [2.24, 2.45) is 0 Å². The van der Waals surface area contributed by atoms with Crippen LogP contribution in [0.25, 0.3) is 0 Å². The molecule has 0 saturated carbocycles. The third kappa shape index (κ3) is 10.7. The van der Waals surface area contributed by atoms with E-state index in [1.807, 2.05) is 54.6 Å². The Balaban J connectivity index is 1.47. The number of β-amino-alcohol motifs (C(OH)–C–C–N with tert-alkyl or cyclic N) is 1. The van der Waals surface area contributed by atoms with Crippen molar-refractivity contribution in [3.8, 4) is 0 Å². The van der Waals surface area contributed by atoms with Crippen molar-refractivity contribution in [1.29, 1.82) is 0 Å². The van der Waals surface area contributed by atoms with Crippen molar-refractivity contribution >= 4 is 0 Å². The Morgan fingerprint density at radius 1 is 0.634 bits per heavy atom. The van der Waals surface area contributed by atoms with E-state index in [-0.39, 0.29) is 12.1 Å². The molecule has 0 amide bonds. The maximum Gasteiger partial charge on any atom is 0.113 e. The number of hydrogen-bond donors (Lipinski definition) is 1. The molecule has 0 unspecified atom stereocenters. The first kappa shape index (κ1) is 31.4. The maximum absolute atomic E-state index is 11.4. The lowest BCUT2D eigenvalue weighted by Gasteiger charge is -2.47. The van der Waals surface area contributed by atoms with E-state index in [0.29, 0.717) is 33.0 Å². The van der Waals surface area contributed by atoms with Crippen LogP contribution in [0.4, 0.5) is 0 Å². The van der Waals surface area contributed by atoms with Gasteiger partial charge in [-0.05, 0) is 29.7 Å². The molecule has 4 atom stereocenters. The first-order chi connectivity index (χ1) is 20.2. The van der Waals surface area contributed by atoms with Crippen LogP contribution in [-0.2, 0) is 34.0 Å². The van der Waals surface area contributed by atoms with Crippen molar-refractivity contribution in [3.05, 3.63) is 108 Å². The van der Waals surface area contributed by atoms with Gasteiger partial charge in [-0.1, -0.05) is 136 Å². The summed E-state index contributed by atoms with van der Waals surface area (Å²) >= 11 is 0. The topological polar surface area (TPSA) is 51.2 Å². The highest BCUT2D eigenvalue weighted by atomic mass is 16.6. The predicted octanol–water partition coefficient (Wildman–Crippen LogP) is 7.17. The molecule has 41 heavy (non-hydrogen) atoms. The molecule has 0 radical (unpaired) electrons. The van der Waals surface area contributed by atoms with Crippen molar-refractivity contribution < 1.29 is 19.3 Å². The molecule has 3 aromatic carbocycles. The Morgan fingerprint density at radius 3 is 1.68 bits per heavy atom. The number of ether oxygens (including phenoxy) is 3. The van der Waals surface area contributed by atoms with Crippen LogP contribution < -0.4 is 0 Å². The molecule has 1 N–H and O–H groups in total. The fourth-order valence-electron chi connectivity index (χ4n) is 5.67. The number of aliphatic hydroxyl groups is 1. The number of likely N-dealkylation sites (tertiary alicyclic amines) is 1. The van der Waals surface area contributed by atoms with Gasteiger partial charge in [0, 0.05) is 6.54 Å². The van der Waals surface area contributed by atoms with Gasteiger partial charge in [-0.15, -0.1) is 0 Å². The fourth-order valence-corrected chi connectivity index (χ4v) is 5.67. The number of unbranched alkanes of at least 4 members (excludes halogenated alkanes) is 6. The van der Waals surface area contributed by atoms with Crippen LogP contribution in [-0.4, -0.2) is 54.1 Å². The smallest absolute Gasteiger partial charge is 0.113 e. The van der Waals surface area contributed by atoms with Gasteiger partial charge in [-0.25, -0.2) is 0 Å². The van der Waals surface area contributed by atoms with Gasteiger partial charge in [-0.2, -0.15) is 0 Å². The van der Waals surface area contributed by atoms with E-state index in [4.69, 9.17) is 14.2 Å². The van der Waals surface area contributed by atoms with Crippen molar-refractivity contribution in [3.63, 3.8) is 0 Å². The monoisotopic (exact) mass is 559 g/mol. The van der Waals surface area contributed by atoms with E-state index in [2.05, 4.69) is 48.2 Å². The molecule has 4 rings (SSSR count). The summed E-state index contributed by atoms with van der Waals surface area (Å²) < 4.78 is 19.4. The highest BCUT2D eigenvalue weighted by molar-refractivity contribution is 5.15. The van der Waals surface area contributed by atoms with Gasteiger partial charge in [0.15, 0.2) is 0 Å². The molecule has 1 fully saturated rings. The molecule has 5 nitrogen and oxygen atoms in total. The van der Waals surface area contributed by atoms with E-state index in [9.17, 15) is 5.11 Å². The van der Waals surface area contributed by atoms with Crippen LogP contribution in [0, 0.1) is 0 Å². The molecule has 0 aromatic heterocycles. The van der Waals surface area contributed by atoms with E-state index in [0.717, 1.165) is 29.7 Å². The maximum atomic E-state index is 11.4. The Kier molecular flexibility index (Phi) is 13.9. The minimum atomic E-state index is -0.644. The van der Waals surface area contributed by atoms with Gasteiger partial charge in [0.2, 0.25) is 0 Å². The minimum absolute atomic E-state index is 0.0216. The summed E-state index contributed by atoms with van der Waals surface area (Å²) in [6.45, 7) is 5.69. The zero-order valence-corrected chi connectivity index (χ0v) is 24.8. The molecule has 0 aliphatic carbocycles. The first-order valence-corrected chi connectivity index (χ1v) is 15.6. The van der Waals surface area contributed by atoms with Crippen molar-refractivity contribution in [2.75, 3.05) is 19.7 Å². The second-order valence-electron chi connectivity index (χ2n) is 11.3. The van der Waals surface area contributed by atoms with E-state index in [1.54, 1.807) is 0 Å². The molecule has 1 aliphatic heterocycles. The Hall–Kier alpha value is -2.54. The lowest BCUT2D eigenvalue weighted by atomic mass is 9.93. The number of piperidine rings is 1. The molecule has 1 saturated heterocycles. The average Bonchev–Trinajstić information content (AvgIpc) is 3.01. The number of nitrogens with zero attached hydrogens (tertiary/aromatic N) is 1. The van der Waals surface area contributed by atoms with E-state index in [1.165, 1.54) is 38.5 Å². The van der Waals surface area contributed by atoms with Gasteiger partial charge in [0.05, 0.1) is 38.6 Å². The summed E-state index contributed by atoms with van der Waals surface area (Å²) in [6.07, 6.45) is 7.38. The molecule has 1 heterocycles. The molecule has 1 aliphatic rings. The van der Waals surface area contributed by atoms with Crippen LogP contribution in [0.2, 0.25) is 0 Å². The van der Waals surface area contributed by atoms with Crippen molar-refractivity contribution in [2.45, 2.75) is 96.0 Å². The summed E-state index contributed by atoms with van der Waals surface area (Å²) in [4.78, 5) is 2.39. The highest BCUT2D eigenvalue weighted by Gasteiger charge is 2.44. The second-order valence-corrected chi connectivity index (χ2v) is 11.3. The van der Waals surface area contributed by atoms with Crippen LogP contribution in [0.5, 0.6) is 0 Å². The predicted molar refractivity (Wildman–Crippen MR) is 165 cm³/mol. The quantitative estimate of drug-likeness (QED) is 0.168. The van der Waals surface area contributed by atoms with Crippen molar-refractivity contribution in [1.82, 2.24) is 4.90 Å². The fraction of sp³-hybridized carbons (Fsp3) is 0.500. The number of hydrogen-bond acceptors (Lipinski definition) is 5. The standard InChI is InChI=1S/C36H49NO4/c1-2-3-4-5-6-7-17-24-37-25-34(38)36(41-28-32-22-15-10-16-23-32)35(40-27-31-20-13-9-14-21-31)33(37)29-39-26-30-18-11-8-12-19-30/h8-16,18-23,33-36,38H,2-7,17,24-29H2,1H3/t33-,34-,35-,36-/m1/s1. The van der Waals surface area contributed by atoms with E-state index >= 15 is 0 Å². The summed E-state index contributed by atoms with van der Waals surface area (Å²) in [6, 6.07) is 30.7. The Labute approximate surface area is 247 Å². The van der Waals surface area contributed by atoms with Crippen LogP contribution in [0.15, 0.2) is 91.0 Å². The van der Waals surface area contributed by atoms with Gasteiger partial charge < -0.3 is 19.3 Å². The third-order valence-electron chi connectivity index (χ3n) is 7.99. The highest BCUT2D eigenvalue weighted by Crippen LogP contribution is 2.27. The summed E-state index contributed by atoms with van der Waals surface area (Å²) in [5.41, 5.74) is 3.35. The average molecular weight is 560 g/mol. The summed E-state index contributed by atoms with van der Waals surface area (Å²) in [5.74, 6) is 0. The van der Waals surface area contributed by atoms with Gasteiger partial charge in [-0.3, -0.25) is 4.90 Å².